The summed E-state index contributed by atoms with van der Waals surface area (Å²) in [5, 5.41) is 0. The Morgan fingerprint density at radius 2 is 1.81 bits per heavy atom. The summed E-state index contributed by atoms with van der Waals surface area (Å²) in [5.74, 6) is 0. The number of nitrogens with zero attached hydrogens (tertiary/aromatic N) is 1. The predicted molar refractivity (Wildman–Crippen MR) is 105 cm³/mol. The van der Waals surface area contributed by atoms with E-state index in [1.165, 1.54) is 11.1 Å². The highest BCUT2D eigenvalue weighted by molar-refractivity contribution is 9.11. The van der Waals surface area contributed by atoms with Crippen LogP contribution >= 0.6 is 27.9 Å². The lowest BCUT2D eigenvalue weighted by atomic mass is 10.0. The number of hydrogen-bond donors (Lipinski definition) is 0. The summed E-state index contributed by atoms with van der Waals surface area (Å²) in [6.07, 6.45) is 6.16. The Bertz CT molecular complexity index is 419. The van der Waals surface area contributed by atoms with E-state index in [1.54, 1.807) is 11.9 Å². The molecule has 0 radical (unpaired) electrons. The van der Waals surface area contributed by atoms with Crippen LogP contribution in [0, 0.1) is 0 Å². The van der Waals surface area contributed by atoms with Crippen LogP contribution in [0.5, 0.6) is 0 Å². The molecule has 0 aromatic heterocycles. The van der Waals surface area contributed by atoms with Crippen molar-refractivity contribution < 1.29 is 0 Å². The zero-order valence-corrected chi connectivity index (χ0v) is 16.8. The molecule has 1 heterocycles. The molecule has 21 heavy (non-hydrogen) atoms. The Kier molecular flexibility index (Phi) is 14.0. The minimum atomic E-state index is 0.840. The summed E-state index contributed by atoms with van der Waals surface area (Å²) in [6, 6.07) is 0. The van der Waals surface area contributed by atoms with Crippen molar-refractivity contribution >= 4 is 27.9 Å². The van der Waals surface area contributed by atoms with Crippen LogP contribution in [0.4, 0.5) is 0 Å². The van der Waals surface area contributed by atoms with E-state index in [0.29, 0.717) is 0 Å². The normalized spacial score (nSPS) is 17.6. The third kappa shape index (κ3) is 6.31. The lowest BCUT2D eigenvalue weighted by molar-refractivity contribution is 0.790. The first-order chi connectivity index (χ1) is 10.1. The molecule has 0 atom stereocenters. The van der Waals surface area contributed by atoms with Crippen molar-refractivity contribution in [3.63, 3.8) is 0 Å². The lowest BCUT2D eigenvalue weighted by Crippen LogP contribution is -2.05. The maximum atomic E-state index is 4.13. The molecule has 0 saturated carbocycles. The predicted octanol–water partition coefficient (Wildman–Crippen LogP) is 7.57. The van der Waals surface area contributed by atoms with E-state index >= 15 is 0 Å². The van der Waals surface area contributed by atoms with Gasteiger partial charge in [0, 0.05) is 10.5 Å². The zero-order chi connectivity index (χ0) is 17.0. The van der Waals surface area contributed by atoms with Gasteiger partial charge in [-0.3, -0.25) is 4.31 Å². The first-order valence-electron chi connectivity index (χ1n) is 7.60. The van der Waals surface area contributed by atoms with Gasteiger partial charge in [0.05, 0.1) is 10.3 Å². The van der Waals surface area contributed by atoms with Crippen molar-refractivity contribution in [2.24, 2.45) is 0 Å². The van der Waals surface area contributed by atoms with E-state index in [4.69, 9.17) is 0 Å². The molecule has 120 valence electrons. The minimum absolute atomic E-state index is 0.840. The zero-order valence-electron chi connectivity index (χ0n) is 14.4. The van der Waals surface area contributed by atoms with Crippen LogP contribution in [-0.2, 0) is 0 Å². The van der Waals surface area contributed by atoms with E-state index in [2.05, 4.69) is 53.0 Å². The van der Waals surface area contributed by atoms with Gasteiger partial charge in [-0.1, -0.05) is 72.9 Å². The Hall–Kier alpha value is -0.670. The van der Waals surface area contributed by atoms with Gasteiger partial charge in [0.15, 0.2) is 0 Å². The molecular formula is C18H30BrNS. The molecule has 0 aromatic carbocycles. The van der Waals surface area contributed by atoms with Crippen molar-refractivity contribution in [2.75, 3.05) is 0 Å². The monoisotopic (exact) mass is 371 g/mol. The van der Waals surface area contributed by atoms with Crippen molar-refractivity contribution in [1.29, 1.82) is 0 Å². The maximum Gasteiger partial charge on any atom is 0.0887 e. The number of rotatable bonds is 4. The summed E-state index contributed by atoms with van der Waals surface area (Å²) >= 11 is 5.03. The number of hydrogen-bond acceptors (Lipinski definition) is 2. The van der Waals surface area contributed by atoms with Gasteiger partial charge in [-0.05, 0) is 46.8 Å². The second-order valence-electron chi connectivity index (χ2n) is 3.71. The molecule has 1 fully saturated rings. The summed E-state index contributed by atoms with van der Waals surface area (Å²) < 4.78 is 2.89. The molecule has 1 rings (SSSR count). The second-order valence-corrected chi connectivity index (χ2v) is 5.67. The molecule has 0 unspecified atom stereocenters. The molecule has 3 heteroatoms. The van der Waals surface area contributed by atoms with Crippen LogP contribution < -0.4 is 0 Å². The summed E-state index contributed by atoms with van der Waals surface area (Å²) in [5.41, 5.74) is 3.61. The van der Waals surface area contributed by atoms with Crippen molar-refractivity contribution in [1.82, 2.24) is 4.31 Å². The maximum absolute atomic E-state index is 4.13. The fourth-order valence-electron chi connectivity index (χ4n) is 1.83. The molecular weight excluding hydrogens is 342 g/mol. The largest absolute Gasteiger partial charge is 0.274 e. The van der Waals surface area contributed by atoms with Crippen LogP contribution in [0.25, 0.3) is 0 Å². The van der Waals surface area contributed by atoms with Crippen LogP contribution in [0.1, 0.15) is 54.4 Å². The van der Waals surface area contributed by atoms with Crippen LogP contribution in [-0.4, -0.2) is 4.31 Å². The van der Waals surface area contributed by atoms with Gasteiger partial charge in [-0.15, -0.1) is 0 Å². The van der Waals surface area contributed by atoms with Crippen molar-refractivity contribution in [2.45, 2.75) is 54.4 Å². The molecule has 0 aliphatic carbocycles. The standard InChI is InChI=1S/C14H18BrNS.2C2H6/c1-6-9-12(7-2)14-10(4)17-16(11(5)15)13(14)8-3;2*1-2/h7-8H,2,4-6,9H2,1,3H3;2*1-2H3/b13-8+,14-12+;;. The fraction of sp³-hybridized carbons (Fsp3) is 0.444. The van der Waals surface area contributed by atoms with Gasteiger partial charge in [0.1, 0.15) is 0 Å². The van der Waals surface area contributed by atoms with E-state index < -0.39 is 0 Å². The van der Waals surface area contributed by atoms with Crippen molar-refractivity contribution in [3.05, 3.63) is 58.2 Å². The summed E-state index contributed by atoms with van der Waals surface area (Å²) in [7, 11) is 0. The quantitative estimate of drug-likeness (QED) is 0.370. The Balaban J connectivity index is 0. The molecule has 1 aliphatic rings. The Morgan fingerprint density at radius 3 is 2.14 bits per heavy atom. The van der Waals surface area contributed by atoms with E-state index in [1.807, 2.05) is 40.7 Å². The van der Waals surface area contributed by atoms with Gasteiger partial charge in [-0.25, -0.2) is 0 Å². The third-order valence-electron chi connectivity index (χ3n) is 2.54. The first kappa shape index (κ1) is 22.6. The number of allylic oxidation sites excluding steroid dienone is 4. The molecule has 0 spiro atoms. The van der Waals surface area contributed by atoms with Crippen molar-refractivity contribution in [3.8, 4) is 0 Å². The van der Waals surface area contributed by atoms with Gasteiger partial charge in [0.25, 0.3) is 0 Å². The highest BCUT2D eigenvalue weighted by atomic mass is 79.9. The SMILES string of the molecule is C=C/C(CCC)=C1/C(=C)SN(C(=C)Br)/C1=C/C.CC.CC. The topological polar surface area (TPSA) is 3.24 Å². The molecule has 1 aliphatic heterocycles. The van der Waals surface area contributed by atoms with Crippen LogP contribution in [0.2, 0.25) is 0 Å². The average molecular weight is 372 g/mol. The lowest BCUT2D eigenvalue weighted by Gasteiger charge is -2.16. The molecule has 0 N–H and O–H groups in total. The average Bonchev–Trinajstić information content (AvgIpc) is 2.85. The van der Waals surface area contributed by atoms with E-state index in [-0.39, 0.29) is 0 Å². The van der Waals surface area contributed by atoms with E-state index in [9.17, 15) is 0 Å². The first-order valence-corrected chi connectivity index (χ1v) is 9.17. The fourth-order valence-corrected chi connectivity index (χ4v) is 3.18. The van der Waals surface area contributed by atoms with Gasteiger partial charge in [-0.2, -0.15) is 0 Å². The highest BCUT2D eigenvalue weighted by Crippen LogP contribution is 2.48. The second kappa shape index (κ2) is 13.0. The van der Waals surface area contributed by atoms with Gasteiger partial charge >= 0.3 is 0 Å². The highest BCUT2D eigenvalue weighted by Gasteiger charge is 2.29. The summed E-state index contributed by atoms with van der Waals surface area (Å²) in [6.45, 7) is 24.2. The summed E-state index contributed by atoms with van der Waals surface area (Å²) in [4.78, 5) is 1.06. The Morgan fingerprint density at radius 1 is 1.29 bits per heavy atom. The minimum Gasteiger partial charge on any atom is -0.274 e. The molecule has 0 bridgehead atoms. The number of halogens is 1. The van der Waals surface area contributed by atoms with Gasteiger partial charge in [0.2, 0.25) is 0 Å². The van der Waals surface area contributed by atoms with Gasteiger partial charge < -0.3 is 0 Å². The van der Waals surface area contributed by atoms with Crippen LogP contribution in [0.3, 0.4) is 0 Å². The van der Waals surface area contributed by atoms with E-state index in [0.717, 1.165) is 28.1 Å². The molecule has 0 amide bonds. The molecule has 1 saturated heterocycles. The third-order valence-corrected chi connectivity index (χ3v) is 4.15. The molecule has 1 nitrogen and oxygen atoms in total. The van der Waals surface area contributed by atoms with Crippen LogP contribution in [0.15, 0.2) is 58.2 Å². The molecule has 0 aromatic rings. The Labute approximate surface area is 144 Å². The smallest absolute Gasteiger partial charge is 0.0887 e.